The van der Waals surface area contributed by atoms with Crippen LogP contribution < -0.4 is 15.2 Å². The fourth-order valence-corrected chi connectivity index (χ4v) is 6.61. The van der Waals surface area contributed by atoms with E-state index in [1.807, 2.05) is 37.3 Å². The second-order valence-electron chi connectivity index (χ2n) is 10.3. The van der Waals surface area contributed by atoms with Crippen molar-refractivity contribution in [1.29, 1.82) is 5.26 Å². The number of aryl methyl sites for hydroxylation is 1. The quantitative estimate of drug-likeness (QED) is 0.248. The van der Waals surface area contributed by atoms with Crippen molar-refractivity contribution in [3.8, 4) is 40.0 Å². The number of anilines is 1. The van der Waals surface area contributed by atoms with Crippen molar-refractivity contribution in [3.63, 3.8) is 0 Å². The van der Waals surface area contributed by atoms with Crippen LogP contribution in [0.15, 0.2) is 59.5 Å². The van der Waals surface area contributed by atoms with Gasteiger partial charge in [0.25, 0.3) is 0 Å². The van der Waals surface area contributed by atoms with Crippen molar-refractivity contribution in [1.82, 2.24) is 19.7 Å². The van der Waals surface area contributed by atoms with Crippen LogP contribution in [0.2, 0.25) is 0 Å². The van der Waals surface area contributed by atoms with Crippen LogP contribution in [0.3, 0.4) is 0 Å². The first-order chi connectivity index (χ1) is 20.9. The van der Waals surface area contributed by atoms with Crippen LogP contribution in [0.25, 0.3) is 33.5 Å². The predicted molar refractivity (Wildman–Crippen MR) is 157 cm³/mol. The molecule has 1 saturated heterocycles. The predicted octanol–water partition coefficient (Wildman–Crippen LogP) is 3.80. The molecular formula is C30H26N6O6S. The molecule has 0 amide bonds. The molecule has 0 aliphatic carbocycles. The summed E-state index contributed by atoms with van der Waals surface area (Å²) in [6, 6.07) is 14.8. The Bertz CT molecular complexity index is 1870. The summed E-state index contributed by atoms with van der Waals surface area (Å²) < 4.78 is 24.5. The number of nitriles is 1. The Labute approximate surface area is 249 Å². The van der Waals surface area contributed by atoms with Gasteiger partial charge in [-0.2, -0.15) is 17.0 Å². The zero-order chi connectivity index (χ0) is 29.7. The highest BCUT2D eigenvalue weighted by Crippen LogP contribution is 2.41. The monoisotopic (exact) mass is 598 g/mol. The first kappa shape index (κ1) is 27.2. The highest BCUT2D eigenvalue weighted by Gasteiger charge is 2.44. The molecule has 7 rings (SSSR count). The average molecular weight is 599 g/mol. The van der Waals surface area contributed by atoms with Crippen molar-refractivity contribution in [2.45, 2.75) is 37.2 Å². The maximum atomic E-state index is 11.1. The second kappa shape index (κ2) is 10.9. The van der Waals surface area contributed by atoms with Gasteiger partial charge < -0.3 is 39.2 Å². The molecule has 2 aromatic carbocycles. The van der Waals surface area contributed by atoms with Gasteiger partial charge in [-0.1, -0.05) is 17.3 Å². The maximum Gasteiger partial charge on any atom is 0.231 e. The summed E-state index contributed by atoms with van der Waals surface area (Å²) in [4.78, 5) is 8.58. The van der Waals surface area contributed by atoms with Crippen LogP contribution in [0, 0.1) is 18.3 Å². The lowest BCUT2D eigenvalue weighted by Crippen LogP contribution is -2.32. The number of hydrogen-bond acceptors (Lipinski definition) is 12. The lowest BCUT2D eigenvalue weighted by Gasteiger charge is -2.17. The van der Waals surface area contributed by atoms with Gasteiger partial charge >= 0.3 is 0 Å². The minimum Gasteiger partial charge on any atom is -0.454 e. The van der Waals surface area contributed by atoms with Crippen LogP contribution >= 0.6 is 11.8 Å². The summed E-state index contributed by atoms with van der Waals surface area (Å²) in [6.45, 7) is 2.07. The number of hydrogen-bond donors (Lipinski definition) is 3. The zero-order valence-corrected chi connectivity index (χ0v) is 23.7. The van der Waals surface area contributed by atoms with Crippen LogP contribution in [0.1, 0.15) is 23.0 Å². The van der Waals surface area contributed by atoms with Gasteiger partial charge in [0.2, 0.25) is 6.79 Å². The Morgan fingerprint density at radius 3 is 2.67 bits per heavy atom. The number of aliphatic hydroxyl groups excluding tert-OH is 2. The molecule has 4 atom stereocenters. The minimum atomic E-state index is -1.22. The maximum absolute atomic E-state index is 11.1. The van der Waals surface area contributed by atoms with E-state index >= 15 is 0 Å². The third-order valence-corrected chi connectivity index (χ3v) is 8.78. The molecule has 0 bridgehead atoms. The van der Waals surface area contributed by atoms with Gasteiger partial charge in [-0.3, -0.25) is 0 Å². The summed E-state index contributed by atoms with van der Waals surface area (Å²) in [7, 11) is 0. The van der Waals surface area contributed by atoms with E-state index in [0.717, 1.165) is 27.9 Å². The third-order valence-electron chi connectivity index (χ3n) is 7.72. The van der Waals surface area contributed by atoms with Crippen molar-refractivity contribution in [3.05, 3.63) is 71.8 Å². The number of benzene rings is 2. The molecule has 0 spiro atoms. The average Bonchev–Trinajstić information content (AvgIpc) is 3.80. The Morgan fingerprint density at radius 1 is 1.07 bits per heavy atom. The van der Waals surface area contributed by atoms with E-state index in [-0.39, 0.29) is 12.6 Å². The van der Waals surface area contributed by atoms with Crippen molar-refractivity contribution >= 4 is 28.6 Å². The minimum absolute atomic E-state index is 0.184. The van der Waals surface area contributed by atoms with Gasteiger partial charge in [0.1, 0.15) is 30.0 Å². The Hall–Kier alpha value is -4.61. The second-order valence-corrected chi connectivity index (χ2v) is 11.3. The number of aromatic nitrogens is 4. The Kier molecular flexibility index (Phi) is 6.91. The van der Waals surface area contributed by atoms with Crippen molar-refractivity contribution in [2.24, 2.45) is 0 Å². The number of nitrogens with zero attached hydrogens (tertiary/aromatic N) is 5. The molecule has 43 heavy (non-hydrogen) atoms. The van der Waals surface area contributed by atoms with E-state index < -0.39 is 24.5 Å². The molecule has 0 radical (unpaired) electrons. The van der Waals surface area contributed by atoms with E-state index in [4.69, 9.17) is 24.5 Å². The number of ether oxygens (including phenoxy) is 3. The Morgan fingerprint density at radius 2 is 1.86 bits per heavy atom. The third kappa shape index (κ3) is 4.74. The van der Waals surface area contributed by atoms with Gasteiger partial charge in [-0.25, -0.2) is 9.97 Å². The molecule has 0 unspecified atom stereocenters. The van der Waals surface area contributed by atoms with Gasteiger partial charge in [0.15, 0.2) is 23.5 Å². The van der Waals surface area contributed by atoms with E-state index in [1.165, 1.54) is 18.1 Å². The standard InChI is InChI=1S/C30H26N6O6S/c1-15-20(27(42-35-15)18-6-7-21-22(8-18)40-14-39-21)11-43-12-23-25(37)26(38)30(41-23)36-10-19(17-4-2-16(9-31)3-5-17)24-28(32)33-13-34-29(24)36/h2-8,10,13,23,25-26,30,37-38H,11-12,14H2,1H3,(H2,32,33,34)/t23-,25-,26-,30-/m1/s1. The molecule has 2 aliphatic rings. The molecular weight excluding hydrogens is 572 g/mol. The summed E-state index contributed by atoms with van der Waals surface area (Å²) in [6.07, 6.45) is -0.788. The summed E-state index contributed by atoms with van der Waals surface area (Å²) in [5, 5.41) is 36.0. The number of fused-ring (bicyclic) bond motifs is 2. The first-order valence-corrected chi connectivity index (χ1v) is 14.6. The highest BCUT2D eigenvalue weighted by atomic mass is 32.2. The molecule has 5 aromatic rings. The number of thioether (sulfide) groups is 1. The molecule has 1 fully saturated rings. The zero-order valence-electron chi connectivity index (χ0n) is 22.9. The molecule has 2 aliphatic heterocycles. The topological polar surface area (TPSA) is 175 Å². The van der Waals surface area contributed by atoms with E-state index in [0.29, 0.717) is 45.4 Å². The molecule has 3 aromatic heterocycles. The highest BCUT2D eigenvalue weighted by molar-refractivity contribution is 7.98. The normalized spacial score (nSPS) is 21.0. The largest absolute Gasteiger partial charge is 0.454 e. The van der Waals surface area contributed by atoms with Gasteiger partial charge in [0, 0.05) is 34.4 Å². The summed E-state index contributed by atoms with van der Waals surface area (Å²) >= 11 is 1.54. The fourth-order valence-electron chi connectivity index (χ4n) is 5.44. The number of aliphatic hydroxyl groups is 2. The van der Waals surface area contributed by atoms with E-state index in [2.05, 4.69) is 21.2 Å². The lowest BCUT2D eigenvalue weighted by molar-refractivity contribution is -0.0285. The van der Waals surface area contributed by atoms with Crippen molar-refractivity contribution in [2.75, 3.05) is 18.3 Å². The van der Waals surface area contributed by atoms with Crippen LogP contribution in [-0.2, 0) is 10.5 Å². The van der Waals surface area contributed by atoms with Crippen molar-refractivity contribution < 1.29 is 28.9 Å². The number of rotatable bonds is 7. The summed E-state index contributed by atoms with van der Waals surface area (Å²) in [5.41, 5.74) is 11.3. The van der Waals surface area contributed by atoms with Crippen LogP contribution in [0.5, 0.6) is 11.5 Å². The smallest absolute Gasteiger partial charge is 0.231 e. The van der Waals surface area contributed by atoms with E-state index in [1.54, 1.807) is 22.9 Å². The lowest BCUT2D eigenvalue weighted by atomic mass is 10.0. The SMILES string of the molecule is Cc1noc(-c2ccc3c(c2)OCO3)c1CSC[C@H]1O[C@@H](n2cc(-c3ccc(C#N)cc3)c3c(N)ncnc32)[C@H](O)[C@@H]1O. The molecule has 12 nitrogen and oxygen atoms in total. The van der Waals surface area contributed by atoms with Gasteiger partial charge in [-0.15, -0.1) is 0 Å². The van der Waals surface area contributed by atoms with Gasteiger partial charge in [-0.05, 0) is 42.8 Å². The molecule has 5 heterocycles. The number of nitrogens with two attached hydrogens (primary N) is 1. The first-order valence-electron chi connectivity index (χ1n) is 13.5. The Balaban J connectivity index is 1.11. The van der Waals surface area contributed by atoms with Gasteiger partial charge in [0.05, 0.1) is 28.8 Å². The number of nitrogen functional groups attached to an aromatic ring is 1. The van der Waals surface area contributed by atoms with E-state index in [9.17, 15) is 15.5 Å². The molecule has 218 valence electrons. The van der Waals surface area contributed by atoms with Crippen LogP contribution in [-0.4, -0.2) is 60.8 Å². The molecule has 13 heteroatoms. The van der Waals surface area contributed by atoms with Crippen LogP contribution in [0.4, 0.5) is 5.82 Å². The molecule has 0 saturated carbocycles. The fraction of sp³-hybridized carbons (Fsp3) is 0.267. The molecule has 4 N–H and O–H groups in total. The summed E-state index contributed by atoms with van der Waals surface area (Å²) in [5.74, 6) is 3.19.